The van der Waals surface area contributed by atoms with Crippen LogP contribution in [-0.2, 0) is 28.6 Å². The molecular weight excluding hydrogens is 636 g/mol. The van der Waals surface area contributed by atoms with E-state index in [2.05, 4.69) is 45.1 Å². The van der Waals surface area contributed by atoms with Crippen LogP contribution in [0.3, 0.4) is 0 Å². The zero-order valence-corrected chi connectivity index (χ0v) is 33.1. The van der Waals surface area contributed by atoms with E-state index < -0.39 is 6.10 Å². The zero-order valence-electron chi connectivity index (χ0n) is 33.1. The molecular formula is C45H76O6. The molecule has 0 aliphatic heterocycles. The number of carbonyl (C=O) groups is 3. The lowest BCUT2D eigenvalue weighted by molar-refractivity contribution is -0.167. The summed E-state index contributed by atoms with van der Waals surface area (Å²) in [5, 5.41) is 0. The predicted molar refractivity (Wildman–Crippen MR) is 215 cm³/mol. The van der Waals surface area contributed by atoms with Gasteiger partial charge in [-0.1, -0.05) is 171 Å². The third-order valence-electron chi connectivity index (χ3n) is 8.60. The van der Waals surface area contributed by atoms with Gasteiger partial charge in [-0.2, -0.15) is 0 Å². The van der Waals surface area contributed by atoms with Crippen LogP contribution in [-0.4, -0.2) is 37.2 Å². The molecule has 0 N–H and O–H groups in total. The first-order valence-corrected chi connectivity index (χ1v) is 20.8. The Kier molecular flexibility index (Phi) is 37.6. The van der Waals surface area contributed by atoms with Crippen LogP contribution < -0.4 is 0 Å². The van der Waals surface area contributed by atoms with E-state index in [1.165, 1.54) is 64.2 Å². The number of ether oxygens (including phenoxy) is 3. The maximum atomic E-state index is 12.6. The predicted octanol–water partition coefficient (Wildman–Crippen LogP) is 13.0. The molecule has 0 aliphatic carbocycles. The van der Waals surface area contributed by atoms with Crippen molar-refractivity contribution < 1.29 is 28.6 Å². The second-order valence-electron chi connectivity index (χ2n) is 13.6. The summed E-state index contributed by atoms with van der Waals surface area (Å²) >= 11 is 0. The third kappa shape index (κ3) is 38.2. The molecule has 0 bridgehead atoms. The minimum atomic E-state index is -0.788. The fourth-order valence-corrected chi connectivity index (χ4v) is 5.43. The first kappa shape index (κ1) is 48.1. The molecule has 0 aromatic rings. The summed E-state index contributed by atoms with van der Waals surface area (Å²) < 4.78 is 16.6. The minimum Gasteiger partial charge on any atom is -0.462 e. The molecule has 6 heteroatoms. The lowest BCUT2D eigenvalue weighted by Gasteiger charge is -2.18. The van der Waals surface area contributed by atoms with Crippen molar-refractivity contribution in [3.8, 4) is 0 Å². The van der Waals surface area contributed by atoms with Gasteiger partial charge < -0.3 is 14.2 Å². The van der Waals surface area contributed by atoms with Crippen LogP contribution in [0.1, 0.15) is 188 Å². The van der Waals surface area contributed by atoms with Crippen LogP contribution in [0.2, 0.25) is 0 Å². The van der Waals surface area contributed by atoms with Crippen molar-refractivity contribution in [3.05, 3.63) is 60.8 Å². The van der Waals surface area contributed by atoms with E-state index in [0.29, 0.717) is 19.3 Å². The Balaban J connectivity index is 4.46. The molecule has 0 amide bonds. The lowest BCUT2D eigenvalue weighted by Crippen LogP contribution is -2.30. The van der Waals surface area contributed by atoms with Gasteiger partial charge in [-0.25, -0.2) is 0 Å². The Morgan fingerprint density at radius 2 is 0.804 bits per heavy atom. The van der Waals surface area contributed by atoms with Gasteiger partial charge in [-0.15, -0.1) is 0 Å². The standard InChI is InChI=1S/C45H76O6/c1-4-7-10-13-16-19-21-22-24-26-29-32-35-38-44(47)50-41-42(40-49-43(46)37-34-31-28-25-18-15-12-9-6-3)51-45(48)39-36-33-30-27-23-20-17-14-11-8-5-2/h7,10,13-14,16-17,19,21-22,24,42H,4-6,8-9,11-12,15,18,20,23,25-41H2,1-3H3/b10-7-,16-13-,17-14-,21-19-,24-22-. The maximum absolute atomic E-state index is 12.6. The van der Waals surface area contributed by atoms with E-state index in [-0.39, 0.29) is 31.1 Å². The Morgan fingerprint density at radius 3 is 1.33 bits per heavy atom. The minimum absolute atomic E-state index is 0.0902. The fraction of sp³-hybridized carbons (Fsp3) is 0.711. The Hall–Kier alpha value is -2.89. The Morgan fingerprint density at radius 1 is 0.412 bits per heavy atom. The average Bonchev–Trinajstić information content (AvgIpc) is 3.12. The number of unbranched alkanes of at least 4 members (excludes halogenated alkanes) is 18. The van der Waals surface area contributed by atoms with Crippen molar-refractivity contribution in [1.82, 2.24) is 0 Å². The highest BCUT2D eigenvalue weighted by Gasteiger charge is 2.19. The third-order valence-corrected chi connectivity index (χ3v) is 8.60. The van der Waals surface area contributed by atoms with Crippen LogP contribution in [0.5, 0.6) is 0 Å². The number of allylic oxidation sites excluding steroid dienone is 10. The lowest BCUT2D eigenvalue weighted by atomic mass is 10.1. The van der Waals surface area contributed by atoms with Gasteiger partial charge in [0.05, 0.1) is 0 Å². The quantitative estimate of drug-likeness (QED) is 0.0211. The molecule has 0 rings (SSSR count). The molecule has 0 aromatic carbocycles. The number of carbonyl (C=O) groups excluding carboxylic acids is 3. The van der Waals surface area contributed by atoms with Gasteiger partial charge in [0, 0.05) is 19.3 Å². The van der Waals surface area contributed by atoms with E-state index in [0.717, 1.165) is 83.5 Å². The van der Waals surface area contributed by atoms with Gasteiger partial charge in [0.2, 0.25) is 0 Å². The van der Waals surface area contributed by atoms with Crippen molar-refractivity contribution in [3.63, 3.8) is 0 Å². The average molecular weight is 713 g/mol. The van der Waals surface area contributed by atoms with Gasteiger partial charge >= 0.3 is 17.9 Å². The molecule has 0 aromatic heterocycles. The number of rotatable bonds is 36. The monoisotopic (exact) mass is 713 g/mol. The first-order chi connectivity index (χ1) is 25.0. The molecule has 51 heavy (non-hydrogen) atoms. The normalized spacial score (nSPS) is 12.6. The maximum Gasteiger partial charge on any atom is 0.306 e. The Bertz CT molecular complexity index is 960. The van der Waals surface area contributed by atoms with Gasteiger partial charge in [0.1, 0.15) is 13.2 Å². The second kappa shape index (κ2) is 39.9. The highest BCUT2D eigenvalue weighted by Crippen LogP contribution is 2.13. The van der Waals surface area contributed by atoms with Gasteiger partial charge in [-0.3, -0.25) is 14.4 Å². The summed E-state index contributed by atoms with van der Waals surface area (Å²) in [6.45, 7) is 6.37. The topological polar surface area (TPSA) is 78.9 Å². The van der Waals surface area contributed by atoms with Crippen LogP contribution in [0.25, 0.3) is 0 Å². The highest BCUT2D eigenvalue weighted by atomic mass is 16.6. The second-order valence-corrected chi connectivity index (χ2v) is 13.6. The van der Waals surface area contributed by atoms with E-state index in [1.807, 2.05) is 36.5 Å². The SMILES string of the molecule is CC\C=C/C=C\C=C/C=C\CCCCCC(=O)OCC(COC(=O)CCCCCCCCCCC)OC(=O)CCCCCCC/C=C\CCCC. The summed E-state index contributed by atoms with van der Waals surface area (Å²) in [4.78, 5) is 37.5. The van der Waals surface area contributed by atoms with Crippen molar-refractivity contribution in [2.45, 2.75) is 194 Å². The molecule has 6 nitrogen and oxygen atoms in total. The van der Waals surface area contributed by atoms with Crippen molar-refractivity contribution in [1.29, 1.82) is 0 Å². The van der Waals surface area contributed by atoms with Crippen LogP contribution in [0.4, 0.5) is 0 Å². The van der Waals surface area contributed by atoms with E-state index in [4.69, 9.17) is 14.2 Å². The van der Waals surface area contributed by atoms with Crippen LogP contribution in [0, 0.1) is 0 Å². The van der Waals surface area contributed by atoms with Crippen LogP contribution >= 0.6 is 0 Å². The number of esters is 3. The molecule has 0 aliphatic rings. The molecule has 0 saturated carbocycles. The zero-order chi connectivity index (χ0) is 37.3. The first-order valence-electron chi connectivity index (χ1n) is 20.8. The van der Waals surface area contributed by atoms with E-state index >= 15 is 0 Å². The molecule has 0 radical (unpaired) electrons. The molecule has 0 heterocycles. The van der Waals surface area contributed by atoms with Crippen molar-refractivity contribution in [2.24, 2.45) is 0 Å². The smallest absolute Gasteiger partial charge is 0.306 e. The number of hydrogen-bond donors (Lipinski definition) is 0. The Labute approximate surface area is 313 Å². The summed E-state index contributed by atoms with van der Waals surface area (Å²) in [5.74, 6) is -0.951. The molecule has 0 saturated heterocycles. The summed E-state index contributed by atoms with van der Waals surface area (Å²) in [5.41, 5.74) is 0. The van der Waals surface area contributed by atoms with E-state index in [9.17, 15) is 14.4 Å². The largest absolute Gasteiger partial charge is 0.462 e. The summed E-state index contributed by atoms with van der Waals surface area (Å²) in [7, 11) is 0. The van der Waals surface area contributed by atoms with Crippen molar-refractivity contribution >= 4 is 17.9 Å². The van der Waals surface area contributed by atoms with E-state index in [1.54, 1.807) is 0 Å². The summed E-state index contributed by atoms with van der Waals surface area (Å²) in [6.07, 6.45) is 46.3. The van der Waals surface area contributed by atoms with Gasteiger partial charge in [-0.05, 0) is 57.8 Å². The summed E-state index contributed by atoms with van der Waals surface area (Å²) in [6, 6.07) is 0. The molecule has 1 unspecified atom stereocenters. The highest BCUT2D eigenvalue weighted by molar-refractivity contribution is 5.71. The fourth-order valence-electron chi connectivity index (χ4n) is 5.43. The number of hydrogen-bond acceptors (Lipinski definition) is 6. The van der Waals surface area contributed by atoms with Crippen LogP contribution in [0.15, 0.2) is 60.8 Å². The molecule has 0 fully saturated rings. The van der Waals surface area contributed by atoms with Gasteiger partial charge in [0.25, 0.3) is 0 Å². The molecule has 292 valence electrons. The molecule has 1 atom stereocenters. The van der Waals surface area contributed by atoms with Crippen molar-refractivity contribution in [2.75, 3.05) is 13.2 Å². The van der Waals surface area contributed by atoms with Gasteiger partial charge in [0.15, 0.2) is 6.10 Å². The molecule has 0 spiro atoms.